The van der Waals surface area contributed by atoms with Gasteiger partial charge in [-0.05, 0) is 49.4 Å². The van der Waals surface area contributed by atoms with Crippen molar-refractivity contribution in [3.05, 3.63) is 0 Å². The fourth-order valence-corrected chi connectivity index (χ4v) is 4.16. The molecule has 18 heavy (non-hydrogen) atoms. The first kappa shape index (κ1) is 14.4. The minimum Gasteiger partial charge on any atom is -0.311 e. The van der Waals surface area contributed by atoms with Crippen molar-refractivity contribution >= 4 is 0 Å². The van der Waals surface area contributed by atoms with Crippen LogP contribution >= 0.6 is 0 Å². The van der Waals surface area contributed by atoms with E-state index in [1.54, 1.807) is 0 Å². The highest BCUT2D eigenvalue weighted by Crippen LogP contribution is 2.36. The summed E-state index contributed by atoms with van der Waals surface area (Å²) in [5.41, 5.74) is 0.571. The average molecular weight is 251 g/mol. The highest BCUT2D eigenvalue weighted by molar-refractivity contribution is 4.87. The van der Waals surface area contributed by atoms with Crippen LogP contribution in [0.25, 0.3) is 0 Å². The highest BCUT2D eigenvalue weighted by Gasteiger charge is 2.31. The van der Waals surface area contributed by atoms with E-state index < -0.39 is 0 Å². The van der Waals surface area contributed by atoms with Crippen molar-refractivity contribution in [2.75, 3.05) is 0 Å². The van der Waals surface area contributed by atoms with Crippen LogP contribution in [-0.2, 0) is 0 Å². The molecule has 3 unspecified atom stereocenters. The maximum Gasteiger partial charge on any atom is 0.00747 e. The third-order valence-electron chi connectivity index (χ3n) is 5.33. The van der Waals surface area contributed by atoms with E-state index in [2.05, 4.69) is 33.0 Å². The maximum absolute atomic E-state index is 4.00. The molecule has 0 amide bonds. The molecule has 2 aliphatic carbocycles. The van der Waals surface area contributed by atoms with Crippen molar-refractivity contribution in [1.29, 1.82) is 0 Å². The molecule has 1 N–H and O–H groups in total. The molecular weight excluding hydrogens is 218 g/mol. The highest BCUT2D eigenvalue weighted by atomic mass is 15.0. The molecule has 0 aromatic heterocycles. The lowest BCUT2D eigenvalue weighted by Crippen LogP contribution is -2.45. The predicted molar refractivity (Wildman–Crippen MR) is 79.8 cm³/mol. The fourth-order valence-electron chi connectivity index (χ4n) is 4.16. The standard InChI is InChI=1S/C17H33N/c1-13(2)14-7-5-8-15(11-14)18-16-9-6-10-17(3,4)12-16/h13-16,18H,5-12H2,1-4H3. The van der Waals surface area contributed by atoms with Crippen LogP contribution in [0, 0.1) is 17.3 Å². The molecule has 2 saturated carbocycles. The molecule has 0 bridgehead atoms. The number of rotatable bonds is 3. The normalized spacial score (nSPS) is 36.8. The largest absolute Gasteiger partial charge is 0.311 e. The van der Waals surface area contributed by atoms with Gasteiger partial charge in [-0.1, -0.05) is 47.0 Å². The van der Waals surface area contributed by atoms with E-state index in [1.165, 1.54) is 51.4 Å². The first-order valence-electron chi connectivity index (χ1n) is 8.22. The Hall–Kier alpha value is -0.0400. The van der Waals surface area contributed by atoms with Crippen LogP contribution in [0.4, 0.5) is 0 Å². The van der Waals surface area contributed by atoms with E-state index in [1.807, 2.05) is 0 Å². The lowest BCUT2D eigenvalue weighted by molar-refractivity contribution is 0.161. The first-order chi connectivity index (χ1) is 8.46. The van der Waals surface area contributed by atoms with Crippen molar-refractivity contribution in [1.82, 2.24) is 5.32 Å². The summed E-state index contributed by atoms with van der Waals surface area (Å²) in [7, 11) is 0. The monoisotopic (exact) mass is 251 g/mol. The molecular formula is C17H33N. The lowest BCUT2D eigenvalue weighted by atomic mass is 9.74. The summed E-state index contributed by atoms with van der Waals surface area (Å²) < 4.78 is 0. The van der Waals surface area contributed by atoms with Crippen molar-refractivity contribution in [2.24, 2.45) is 17.3 Å². The maximum atomic E-state index is 4.00. The average Bonchev–Trinajstić information content (AvgIpc) is 2.28. The van der Waals surface area contributed by atoms with Gasteiger partial charge in [0.2, 0.25) is 0 Å². The van der Waals surface area contributed by atoms with Crippen molar-refractivity contribution in [3.63, 3.8) is 0 Å². The quantitative estimate of drug-likeness (QED) is 0.762. The summed E-state index contributed by atoms with van der Waals surface area (Å²) in [6.45, 7) is 9.69. The van der Waals surface area contributed by atoms with Crippen LogP contribution in [-0.4, -0.2) is 12.1 Å². The van der Waals surface area contributed by atoms with Crippen molar-refractivity contribution < 1.29 is 0 Å². The van der Waals surface area contributed by atoms with Gasteiger partial charge in [0.1, 0.15) is 0 Å². The molecule has 106 valence electrons. The van der Waals surface area contributed by atoms with Crippen LogP contribution in [0.3, 0.4) is 0 Å². The smallest absolute Gasteiger partial charge is 0.00747 e. The van der Waals surface area contributed by atoms with Gasteiger partial charge in [-0.25, -0.2) is 0 Å². The molecule has 0 aromatic carbocycles. The zero-order valence-corrected chi connectivity index (χ0v) is 13.0. The van der Waals surface area contributed by atoms with E-state index in [4.69, 9.17) is 0 Å². The van der Waals surface area contributed by atoms with Crippen LogP contribution < -0.4 is 5.32 Å². The van der Waals surface area contributed by atoms with E-state index in [0.717, 1.165) is 23.9 Å². The van der Waals surface area contributed by atoms with Gasteiger partial charge >= 0.3 is 0 Å². The molecule has 0 saturated heterocycles. The number of hydrogen-bond donors (Lipinski definition) is 1. The van der Waals surface area contributed by atoms with Gasteiger partial charge in [0.25, 0.3) is 0 Å². The summed E-state index contributed by atoms with van der Waals surface area (Å²) in [5, 5.41) is 4.00. The second-order valence-electron chi connectivity index (χ2n) is 7.99. The zero-order chi connectivity index (χ0) is 13.2. The summed E-state index contributed by atoms with van der Waals surface area (Å²) in [6.07, 6.45) is 11.4. The first-order valence-corrected chi connectivity index (χ1v) is 8.22. The van der Waals surface area contributed by atoms with Crippen LogP contribution in [0.5, 0.6) is 0 Å². The third-order valence-corrected chi connectivity index (χ3v) is 5.33. The molecule has 2 fully saturated rings. The molecule has 1 heteroatoms. The van der Waals surface area contributed by atoms with Gasteiger partial charge in [0.15, 0.2) is 0 Å². The molecule has 2 rings (SSSR count). The Morgan fingerprint density at radius 3 is 2.39 bits per heavy atom. The Labute approximate surface area is 114 Å². The number of hydrogen-bond acceptors (Lipinski definition) is 1. The summed E-state index contributed by atoms with van der Waals surface area (Å²) in [6, 6.07) is 1.61. The van der Waals surface area contributed by atoms with Gasteiger partial charge in [-0.2, -0.15) is 0 Å². The van der Waals surface area contributed by atoms with Gasteiger partial charge in [-0.3, -0.25) is 0 Å². The Morgan fingerprint density at radius 1 is 1.00 bits per heavy atom. The molecule has 0 spiro atoms. The van der Waals surface area contributed by atoms with Crippen LogP contribution in [0.2, 0.25) is 0 Å². The molecule has 0 heterocycles. The fraction of sp³-hybridized carbons (Fsp3) is 1.00. The number of nitrogens with one attached hydrogen (secondary N) is 1. The SMILES string of the molecule is CC(C)C1CCCC(NC2CCCC(C)(C)C2)C1. The molecule has 0 aromatic rings. The van der Waals surface area contributed by atoms with Crippen LogP contribution in [0.1, 0.15) is 79.1 Å². The van der Waals surface area contributed by atoms with Gasteiger partial charge in [-0.15, -0.1) is 0 Å². The van der Waals surface area contributed by atoms with E-state index in [-0.39, 0.29) is 0 Å². The Morgan fingerprint density at radius 2 is 1.72 bits per heavy atom. The van der Waals surface area contributed by atoms with Gasteiger partial charge in [0, 0.05) is 12.1 Å². The Kier molecular flexibility index (Phi) is 4.75. The summed E-state index contributed by atoms with van der Waals surface area (Å²) in [4.78, 5) is 0. The van der Waals surface area contributed by atoms with Crippen LogP contribution in [0.15, 0.2) is 0 Å². The van der Waals surface area contributed by atoms with E-state index >= 15 is 0 Å². The summed E-state index contributed by atoms with van der Waals surface area (Å²) in [5.74, 6) is 1.84. The molecule has 3 atom stereocenters. The summed E-state index contributed by atoms with van der Waals surface area (Å²) >= 11 is 0. The molecule has 0 radical (unpaired) electrons. The third kappa shape index (κ3) is 3.98. The molecule has 0 aliphatic heterocycles. The predicted octanol–water partition coefficient (Wildman–Crippen LogP) is 4.76. The van der Waals surface area contributed by atoms with Gasteiger partial charge in [0.05, 0.1) is 0 Å². The minimum atomic E-state index is 0.571. The Balaban J connectivity index is 1.82. The second-order valence-corrected chi connectivity index (χ2v) is 7.99. The van der Waals surface area contributed by atoms with Crippen molar-refractivity contribution in [3.8, 4) is 0 Å². The zero-order valence-electron chi connectivity index (χ0n) is 13.0. The van der Waals surface area contributed by atoms with Gasteiger partial charge < -0.3 is 5.32 Å². The molecule has 1 nitrogen and oxygen atoms in total. The van der Waals surface area contributed by atoms with E-state index in [0.29, 0.717) is 5.41 Å². The Bertz CT molecular complexity index is 256. The van der Waals surface area contributed by atoms with E-state index in [9.17, 15) is 0 Å². The second kappa shape index (κ2) is 5.94. The van der Waals surface area contributed by atoms with Crippen molar-refractivity contribution in [2.45, 2.75) is 91.1 Å². The lowest BCUT2D eigenvalue weighted by Gasteiger charge is -2.40. The molecule has 2 aliphatic rings. The topological polar surface area (TPSA) is 12.0 Å². The minimum absolute atomic E-state index is 0.571.